The van der Waals surface area contributed by atoms with Gasteiger partial charge >= 0.3 is 0 Å². The van der Waals surface area contributed by atoms with Crippen LogP contribution in [-0.2, 0) is 13.2 Å². The van der Waals surface area contributed by atoms with E-state index in [0.29, 0.717) is 13.2 Å². The Morgan fingerprint density at radius 2 is 1.85 bits per heavy atom. The molecule has 0 radical (unpaired) electrons. The third-order valence-electron chi connectivity index (χ3n) is 5.17. The zero-order chi connectivity index (χ0) is 18.9. The van der Waals surface area contributed by atoms with Gasteiger partial charge in [-0.15, -0.1) is 0 Å². The minimum Gasteiger partial charge on any atom is -0.490 e. The molecule has 3 rings (SSSR count). The highest BCUT2D eigenvalue weighted by atomic mass is 16.5. The number of benzene rings is 2. The lowest BCUT2D eigenvalue weighted by Gasteiger charge is -2.23. The molecule has 146 valence electrons. The number of hydrogen-bond donors (Lipinski definition) is 2. The van der Waals surface area contributed by atoms with Crippen molar-refractivity contribution < 1.29 is 9.47 Å². The van der Waals surface area contributed by atoms with Crippen LogP contribution in [0.4, 0.5) is 0 Å². The van der Waals surface area contributed by atoms with Crippen LogP contribution in [0.5, 0.6) is 11.5 Å². The van der Waals surface area contributed by atoms with Crippen LogP contribution in [-0.4, -0.2) is 26.2 Å². The molecule has 0 atom stereocenters. The lowest BCUT2D eigenvalue weighted by molar-refractivity contribution is 0.268. The first-order chi connectivity index (χ1) is 13.3. The first-order valence-corrected chi connectivity index (χ1v) is 10.1. The Bertz CT molecular complexity index is 711. The number of nitrogens with one attached hydrogen (secondary N) is 2. The summed E-state index contributed by atoms with van der Waals surface area (Å²) < 4.78 is 11.9. The van der Waals surface area contributed by atoms with Crippen LogP contribution in [0.3, 0.4) is 0 Å². The highest BCUT2D eigenvalue weighted by molar-refractivity contribution is 5.43. The predicted octanol–water partition coefficient (Wildman–Crippen LogP) is 4.06. The van der Waals surface area contributed by atoms with E-state index in [4.69, 9.17) is 9.47 Å². The number of hydrogen-bond acceptors (Lipinski definition) is 4. The monoisotopic (exact) mass is 368 g/mol. The Labute approximate surface area is 163 Å². The Kier molecular flexibility index (Phi) is 7.55. The zero-order valence-corrected chi connectivity index (χ0v) is 16.6. The van der Waals surface area contributed by atoms with Gasteiger partial charge in [-0.1, -0.05) is 30.3 Å². The summed E-state index contributed by atoms with van der Waals surface area (Å²) in [6, 6.07) is 14.6. The van der Waals surface area contributed by atoms with Crippen molar-refractivity contribution >= 4 is 0 Å². The lowest BCUT2D eigenvalue weighted by atomic mass is 9.98. The summed E-state index contributed by atoms with van der Waals surface area (Å²) in [6.07, 6.45) is 2.53. The molecule has 1 aliphatic heterocycles. The van der Waals surface area contributed by atoms with Gasteiger partial charge < -0.3 is 20.1 Å². The summed E-state index contributed by atoms with van der Waals surface area (Å²) in [5.41, 5.74) is 3.68. The van der Waals surface area contributed by atoms with Gasteiger partial charge in [0.25, 0.3) is 0 Å². The third-order valence-corrected chi connectivity index (χ3v) is 5.17. The van der Waals surface area contributed by atoms with Gasteiger partial charge in [-0.2, -0.15) is 0 Å². The van der Waals surface area contributed by atoms with Crippen molar-refractivity contribution in [3.05, 3.63) is 59.2 Å². The van der Waals surface area contributed by atoms with Crippen LogP contribution in [0.15, 0.2) is 42.5 Å². The van der Waals surface area contributed by atoms with Gasteiger partial charge in [0, 0.05) is 6.54 Å². The molecule has 1 fully saturated rings. The molecule has 0 aliphatic carbocycles. The molecule has 1 aliphatic rings. The lowest BCUT2D eigenvalue weighted by Crippen LogP contribution is -2.33. The minimum atomic E-state index is 0.556. The molecule has 0 amide bonds. The highest BCUT2D eigenvalue weighted by Gasteiger charge is 2.13. The van der Waals surface area contributed by atoms with Crippen molar-refractivity contribution in [2.75, 3.05) is 26.2 Å². The van der Waals surface area contributed by atoms with Crippen LogP contribution in [0.2, 0.25) is 0 Å². The van der Waals surface area contributed by atoms with E-state index in [0.717, 1.165) is 43.6 Å². The average Bonchev–Trinajstić information content (AvgIpc) is 2.69. The second-order valence-electron chi connectivity index (χ2n) is 7.25. The molecule has 0 spiro atoms. The van der Waals surface area contributed by atoms with Gasteiger partial charge in [0.05, 0.1) is 6.61 Å². The molecular weight excluding hydrogens is 336 g/mol. The van der Waals surface area contributed by atoms with Crippen LogP contribution < -0.4 is 20.1 Å². The standard InChI is InChI=1S/C23H32N2O2/c1-3-26-23-14-20(16-25-15-19-10-12-24-13-11-19)8-9-22(23)27-17-21-7-5-4-6-18(21)2/h4-9,14,19,24-25H,3,10-13,15-17H2,1-2H3. The molecule has 1 heterocycles. The van der Waals surface area contributed by atoms with Crippen molar-refractivity contribution in [3.63, 3.8) is 0 Å². The molecule has 0 bridgehead atoms. The van der Waals surface area contributed by atoms with Gasteiger partial charge in [-0.25, -0.2) is 0 Å². The topological polar surface area (TPSA) is 42.5 Å². The molecule has 0 unspecified atom stereocenters. The summed E-state index contributed by atoms with van der Waals surface area (Å²) >= 11 is 0. The molecule has 2 aromatic carbocycles. The summed E-state index contributed by atoms with van der Waals surface area (Å²) in [5, 5.41) is 7.02. The van der Waals surface area contributed by atoms with E-state index in [1.807, 2.05) is 19.1 Å². The maximum absolute atomic E-state index is 6.06. The first-order valence-electron chi connectivity index (χ1n) is 10.1. The largest absolute Gasteiger partial charge is 0.490 e. The van der Waals surface area contributed by atoms with E-state index < -0.39 is 0 Å². The fourth-order valence-electron chi connectivity index (χ4n) is 3.48. The molecular formula is C23H32N2O2. The Morgan fingerprint density at radius 1 is 1.04 bits per heavy atom. The van der Waals surface area contributed by atoms with Crippen molar-refractivity contribution in [1.29, 1.82) is 0 Å². The van der Waals surface area contributed by atoms with E-state index in [1.165, 1.54) is 29.5 Å². The van der Waals surface area contributed by atoms with Crippen LogP contribution in [0, 0.1) is 12.8 Å². The second-order valence-corrected chi connectivity index (χ2v) is 7.25. The van der Waals surface area contributed by atoms with E-state index in [-0.39, 0.29) is 0 Å². The van der Waals surface area contributed by atoms with Crippen molar-refractivity contribution in [2.24, 2.45) is 5.92 Å². The summed E-state index contributed by atoms with van der Waals surface area (Å²) in [4.78, 5) is 0. The van der Waals surface area contributed by atoms with Gasteiger partial charge in [0.2, 0.25) is 0 Å². The van der Waals surface area contributed by atoms with Crippen LogP contribution in [0.25, 0.3) is 0 Å². The van der Waals surface area contributed by atoms with Gasteiger partial charge in [-0.3, -0.25) is 0 Å². The Morgan fingerprint density at radius 3 is 2.63 bits per heavy atom. The molecule has 1 saturated heterocycles. The summed E-state index contributed by atoms with van der Waals surface area (Å²) in [5.74, 6) is 2.42. The quantitative estimate of drug-likeness (QED) is 0.700. The van der Waals surface area contributed by atoms with E-state index in [1.54, 1.807) is 0 Å². The van der Waals surface area contributed by atoms with Crippen molar-refractivity contribution in [1.82, 2.24) is 10.6 Å². The van der Waals surface area contributed by atoms with E-state index >= 15 is 0 Å². The SMILES string of the molecule is CCOc1cc(CNCC2CCNCC2)ccc1OCc1ccccc1C. The molecule has 2 aromatic rings. The van der Waals surface area contributed by atoms with Gasteiger partial charge in [-0.05, 0) is 81.1 Å². The number of ether oxygens (including phenoxy) is 2. The summed E-state index contributed by atoms with van der Waals surface area (Å²) in [6.45, 7) is 9.54. The smallest absolute Gasteiger partial charge is 0.161 e. The second kappa shape index (κ2) is 10.3. The van der Waals surface area contributed by atoms with E-state index in [9.17, 15) is 0 Å². The van der Waals surface area contributed by atoms with E-state index in [2.05, 4.69) is 47.9 Å². The minimum absolute atomic E-state index is 0.556. The zero-order valence-electron chi connectivity index (χ0n) is 16.6. The van der Waals surface area contributed by atoms with Crippen LogP contribution in [0.1, 0.15) is 36.5 Å². The normalized spacial score (nSPS) is 14.9. The number of piperidine rings is 1. The van der Waals surface area contributed by atoms with Crippen molar-refractivity contribution in [2.45, 2.75) is 39.8 Å². The highest BCUT2D eigenvalue weighted by Crippen LogP contribution is 2.29. The van der Waals surface area contributed by atoms with Crippen LogP contribution >= 0.6 is 0 Å². The van der Waals surface area contributed by atoms with Crippen molar-refractivity contribution in [3.8, 4) is 11.5 Å². The molecule has 0 aromatic heterocycles. The number of aryl methyl sites for hydroxylation is 1. The van der Waals surface area contributed by atoms with Gasteiger partial charge in [0.15, 0.2) is 11.5 Å². The average molecular weight is 369 g/mol. The van der Waals surface area contributed by atoms with Gasteiger partial charge in [0.1, 0.15) is 6.61 Å². The maximum atomic E-state index is 6.06. The fraction of sp³-hybridized carbons (Fsp3) is 0.478. The third kappa shape index (κ3) is 5.98. The molecule has 4 nitrogen and oxygen atoms in total. The Hall–Kier alpha value is -2.04. The maximum Gasteiger partial charge on any atom is 0.161 e. The molecule has 0 saturated carbocycles. The molecule has 4 heteroatoms. The summed E-state index contributed by atoms with van der Waals surface area (Å²) in [7, 11) is 0. The first kappa shape index (κ1) is 19.7. The predicted molar refractivity (Wildman–Crippen MR) is 110 cm³/mol. The molecule has 27 heavy (non-hydrogen) atoms. The Balaban J connectivity index is 1.57. The number of rotatable bonds is 9. The fourth-order valence-corrected chi connectivity index (χ4v) is 3.48. The molecule has 2 N–H and O–H groups in total.